The van der Waals surface area contributed by atoms with E-state index in [0.717, 1.165) is 18.6 Å². The maximum atomic E-state index is 13.0. The highest BCUT2D eigenvalue weighted by atomic mass is 19.4. The predicted octanol–water partition coefficient (Wildman–Crippen LogP) is 4.40. The molecule has 1 aromatic rings. The van der Waals surface area contributed by atoms with Crippen molar-refractivity contribution in [3.63, 3.8) is 0 Å². The Hall–Kier alpha value is -1.46. The summed E-state index contributed by atoms with van der Waals surface area (Å²) >= 11 is 0. The van der Waals surface area contributed by atoms with E-state index in [2.05, 4.69) is 10.3 Å². The van der Waals surface area contributed by atoms with Crippen LogP contribution in [0, 0.1) is 5.92 Å². The third-order valence-corrected chi connectivity index (χ3v) is 3.63. The van der Waals surface area contributed by atoms with Crippen molar-refractivity contribution in [3.8, 4) is 0 Å². The Kier molecular flexibility index (Phi) is 5.87. The lowest BCUT2D eigenvalue weighted by molar-refractivity contribution is -0.137. The average Bonchev–Trinajstić information content (AvgIpc) is 2.42. The molecule has 3 nitrogen and oxygen atoms in total. The second kappa shape index (κ2) is 7.00. The Labute approximate surface area is 124 Å². The second-order valence-corrected chi connectivity index (χ2v) is 5.62. The number of pyridine rings is 1. The molecule has 1 heterocycles. The molecule has 0 bridgehead atoms. The predicted molar refractivity (Wildman–Crippen MR) is 80.7 cm³/mol. The molecule has 120 valence electrons. The number of hydrogen-bond donors (Lipinski definition) is 1. The van der Waals surface area contributed by atoms with Gasteiger partial charge in [0.15, 0.2) is 0 Å². The Bertz CT molecular complexity index is 458. The first kappa shape index (κ1) is 17.6. The van der Waals surface area contributed by atoms with E-state index < -0.39 is 11.7 Å². The van der Waals surface area contributed by atoms with Crippen LogP contribution in [0.15, 0.2) is 12.1 Å². The lowest BCUT2D eigenvalue weighted by atomic mass is 10.1. The zero-order chi connectivity index (χ0) is 16.2. The van der Waals surface area contributed by atoms with Crippen molar-refractivity contribution in [3.05, 3.63) is 17.7 Å². The highest BCUT2D eigenvalue weighted by Crippen LogP contribution is 2.33. The molecule has 0 amide bonds. The molecule has 0 spiro atoms. The first-order valence-corrected chi connectivity index (χ1v) is 7.22. The Morgan fingerprint density at radius 3 is 2.33 bits per heavy atom. The Morgan fingerprint density at radius 1 is 1.24 bits per heavy atom. The fourth-order valence-corrected chi connectivity index (χ4v) is 1.86. The summed E-state index contributed by atoms with van der Waals surface area (Å²) in [4.78, 5) is 6.09. The second-order valence-electron chi connectivity index (χ2n) is 5.62. The van der Waals surface area contributed by atoms with E-state index in [-0.39, 0.29) is 11.9 Å². The van der Waals surface area contributed by atoms with E-state index >= 15 is 0 Å². The standard InChI is InChI=1S/C15H24F3N3/c1-6-7-19-13-8-12(15(16,17)18)9-14(20-13)21(5)11(4)10(2)3/h8-11H,6-7H2,1-5H3,(H,19,20). The van der Waals surface area contributed by atoms with Gasteiger partial charge in [0.2, 0.25) is 0 Å². The van der Waals surface area contributed by atoms with Gasteiger partial charge in [-0.15, -0.1) is 0 Å². The van der Waals surface area contributed by atoms with Gasteiger partial charge in [-0.3, -0.25) is 0 Å². The summed E-state index contributed by atoms with van der Waals surface area (Å²) in [5.41, 5.74) is -0.672. The molecule has 0 aromatic carbocycles. The van der Waals surface area contributed by atoms with E-state index in [1.165, 1.54) is 0 Å². The van der Waals surface area contributed by atoms with Crippen LogP contribution in [-0.4, -0.2) is 24.6 Å². The van der Waals surface area contributed by atoms with Crippen LogP contribution >= 0.6 is 0 Å². The van der Waals surface area contributed by atoms with Crippen molar-refractivity contribution in [2.24, 2.45) is 5.92 Å². The molecule has 0 radical (unpaired) electrons. The summed E-state index contributed by atoms with van der Waals surface area (Å²) in [6.45, 7) is 8.59. The molecule has 1 aromatic heterocycles. The summed E-state index contributed by atoms with van der Waals surface area (Å²) in [7, 11) is 1.77. The minimum absolute atomic E-state index is 0.0972. The number of hydrogen-bond acceptors (Lipinski definition) is 3. The number of nitrogens with one attached hydrogen (secondary N) is 1. The summed E-state index contributed by atoms with van der Waals surface area (Å²) in [6, 6.07) is 2.27. The molecule has 1 N–H and O–H groups in total. The zero-order valence-corrected chi connectivity index (χ0v) is 13.3. The maximum absolute atomic E-state index is 13.0. The fourth-order valence-electron chi connectivity index (χ4n) is 1.86. The van der Waals surface area contributed by atoms with E-state index in [1.54, 1.807) is 11.9 Å². The van der Waals surface area contributed by atoms with Gasteiger partial charge < -0.3 is 10.2 Å². The Morgan fingerprint density at radius 2 is 1.86 bits per heavy atom. The van der Waals surface area contributed by atoms with Gasteiger partial charge in [0.25, 0.3) is 0 Å². The van der Waals surface area contributed by atoms with Crippen LogP contribution in [0.3, 0.4) is 0 Å². The minimum atomic E-state index is -4.37. The topological polar surface area (TPSA) is 28.2 Å². The number of alkyl halides is 3. The number of anilines is 2. The molecule has 21 heavy (non-hydrogen) atoms. The molecular weight excluding hydrogens is 279 g/mol. The van der Waals surface area contributed by atoms with Gasteiger partial charge >= 0.3 is 6.18 Å². The van der Waals surface area contributed by atoms with Gasteiger partial charge in [-0.25, -0.2) is 4.98 Å². The van der Waals surface area contributed by atoms with Gasteiger partial charge in [-0.2, -0.15) is 13.2 Å². The first-order valence-electron chi connectivity index (χ1n) is 7.22. The molecular formula is C15H24F3N3. The molecule has 1 unspecified atom stereocenters. The van der Waals surface area contributed by atoms with E-state index in [0.29, 0.717) is 18.3 Å². The van der Waals surface area contributed by atoms with Crippen molar-refractivity contribution in [1.82, 2.24) is 4.98 Å². The summed E-state index contributed by atoms with van der Waals surface area (Å²) in [5.74, 6) is 0.924. The van der Waals surface area contributed by atoms with Crippen LogP contribution in [0.2, 0.25) is 0 Å². The number of nitrogens with zero attached hydrogens (tertiary/aromatic N) is 2. The van der Waals surface area contributed by atoms with Crippen molar-refractivity contribution < 1.29 is 13.2 Å². The lowest BCUT2D eigenvalue weighted by Crippen LogP contribution is -2.34. The summed E-state index contributed by atoms with van der Waals surface area (Å²) < 4.78 is 39.1. The van der Waals surface area contributed by atoms with Crippen LogP contribution in [0.25, 0.3) is 0 Å². The number of rotatable bonds is 6. The Balaban J connectivity index is 3.18. The van der Waals surface area contributed by atoms with Gasteiger partial charge in [-0.1, -0.05) is 20.8 Å². The summed E-state index contributed by atoms with van der Waals surface area (Å²) in [6.07, 6.45) is -3.55. The molecule has 0 aliphatic rings. The number of aromatic nitrogens is 1. The highest BCUT2D eigenvalue weighted by Gasteiger charge is 2.32. The van der Waals surface area contributed by atoms with Gasteiger partial charge in [0.1, 0.15) is 11.6 Å². The van der Waals surface area contributed by atoms with Crippen LogP contribution in [0.1, 0.15) is 39.7 Å². The van der Waals surface area contributed by atoms with Crippen LogP contribution in [-0.2, 0) is 6.18 Å². The normalized spacial score (nSPS) is 13.4. The molecule has 0 aliphatic heterocycles. The third-order valence-electron chi connectivity index (χ3n) is 3.63. The SMILES string of the molecule is CCCNc1cc(C(F)(F)F)cc(N(C)C(C)C(C)C)n1. The van der Waals surface area contributed by atoms with Gasteiger partial charge in [-0.05, 0) is 31.4 Å². The highest BCUT2D eigenvalue weighted by molar-refractivity contribution is 5.51. The maximum Gasteiger partial charge on any atom is 0.416 e. The third kappa shape index (κ3) is 4.79. The van der Waals surface area contributed by atoms with Gasteiger partial charge in [0.05, 0.1) is 5.56 Å². The van der Waals surface area contributed by atoms with Gasteiger partial charge in [0, 0.05) is 19.6 Å². The van der Waals surface area contributed by atoms with Crippen LogP contribution < -0.4 is 10.2 Å². The molecule has 0 fully saturated rings. The van der Waals surface area contributed by atoms with E-state index in [1.807, 2.05) is 27.7 Å². The minimum Gasteiger partial charge on any atom is -0.370 e. The van der Waals surface area contributed by atoms with Crippen LogP contribution in [0.5, 0.6) is 0 Å². The molecule has 1 atom stereocenters. The largest absolute Gasteiger partial charge is 0.416 e. The molecule has 0 aliphatic carbocycles. The number of halogens is 3. The fraction of sp³-hybridized carbons (Fsp3) is 0.667. The van der Waals surface area contributed by atoms with E-state index in [9.17, 15) is 13.2 Å². The molecule has 1 rings (SSSR count). The first-order chi connectivity index (χ1) is 9.66. The quantitative estimate of drug-likeness (QED) is 0.844. The van der Waals surface area contributed by atoms with Crippen molar-refractivity contribution in [2.75, 3.05) is 23.8 Å². The molecule has 0 saturated carbocycles. The van der Waals surface area contributed by atoms with Crippen molar-refractivity contribution in [2.45, 2.75) is 46.3 Å². The van der Waals surface area contributed by atoms with Crippen LogP contribution in [0.4, 0.5) is 24.8 Å². The lowest BCUT2D eigenvalue weighted by Gasteiger charge is -2.29. The molecule has 0 saturated heterocycles. The smallest absolute Gasteiger partial charge is 0.370 e. The molecule has 6 heteroatoms. The van der Waals surface area contributed by atoms with Crippen molar-refractivity contribution >= 4 is 11.6 Å². The average molecular weight is 303 g/mol. The van der Waals surface area contributed by atoms with Crippen molar-refractivity contribution in [1.29, 1.82) is 0 Å². The van der Waals surface area contributed by atoms with E-state index in [4.69, 9.17) is 0 Å². The monoisotopic (exact) mass is 303 g/mol. The summed E-state index contributed by atoms with van der Waals surface area (Å²) in [5, 5.41) is 2.93. The zero-order valence-electron chi connectivity index (χ0n) is 13.3.